The molecule has 0 heterocycles. The zero-order valence-electron chi connectivity index (χ0n) is 46.4. The summed E-state index contributed by atoms with van der Waals surface area (Å²) in [6, 6.07) is 47.5. The van der Waals surface area contributed by atoms with Gasteiger partial charge in [-0.15, -0.1) is 0 Å². The van der Waals surface area contributed by atoms with Crippen LogP contribution in [0.15, 0.2) is 133 Å². The minimum atomic E-state index is -0.0646. The maximum atomic E-state index is 15.5. The number of carbonyl (C=O) groups is 1. The standard InChI is InChI=1S/C69H94N4O/c1-5-9-13-17-21-25-31-55-39-47-59(48-40-55)70-65-37-29-35-63(67(65)72-61-51-43-57(44-52-61)33-27-23-19-15-11-7-3)69(74)64-36-30-38-66(71-60-49-41-56(42-50-60)32-26-22-18-14-10-6-2)68(64)73-62-53-45-58(46-54-62)34-28-24-20-16-12-8-4/h29-30,35-54,70-73H,5-28,31-34H2,1-4H3. The van der Waals surface area contributed by atoms with E-state index in [0.29, 0.717) is 11.1 Å². The molecule has 396 valence electrons. The zero-order chi connectivity index (χ0) is 51.8. The van der Waals surface area contributed by atoms with Crippen molar-refractivity contribution in [1.82, 2.24) is 0 Å². The van der Waals surface area contributed by atoms with Gasteiger partial charge in [0.2, 0.25) is 0 Å². The average Bonchev–Trinajstić information content (AvgIpc) is 3.43. The van der Waals surface area contributed by atoms with Crippen LogP contribution in [0.3, 0.4) is 0 Å². The Labute approximate surface area is 449 Å². The summed E-state index contributed by atoms with van der Waals surface area (Å²) in [6.07, 6.45) is 35.3. The SMILES string of the molecule is CCCCCCCCc1ccc(Nc2cccc(C(=O)c3cccc(Nc4ccc(CCCCCCCC)cc4)c3Nc3ccc(CCCCCCCC)cc3)c2Nc2ccc(CCCCCCCC)cc2)cc1. The van der Waals surface area contributed by atoms with E-state index in [9.17, 15) is 0 Å². The van der Waals surface area contributed by atoms with Gasteiger partial charge >= 0.3 is 0 Å². The van der Waals surface area contributed by atoms with Gasteiger partial charge in [0.05, 0.1) is 22.7 Å². The Morgan fingerprint density at radius 1 is 0.284 bits per heavy atom. The molecule has 5 heteroatoms. The van der Waals surface area contributed by atoms with Crippen LogP contribution < -0.4 is 21.3 Å². The van der Waals surface area contributed by atoms with Crippen molar-refractivity contribution in [2.24, 2.45) is 0 Å². The minimum absolute atomic E-state index is 0.0646. The van der Waals surface area contributed by atoms with E-state index >= 15 is 4.79 Å². The van der Waals surface area contributed by atoms with Crippen molar-refractivity contribution in [2.75, 3.05) is 21.3 Å². The first-order chi connectivity index (χ1) is 36.5. The van der Waals surface area contributed by atoms with Crippen molar-refractivity contribution < 1.29 is 4.79 Å². The van der Waals surface area contributed by atoms with E-state index in [1.54, 1.807) is 0 Å². The fourth-order valence-corrected chi connectivity index (χ4v) is 10.2. The Bertz CT molecular complexity index is 2280. The highest BCUT2D eigenvalue weighted by molar-refractivity contribution is 6.18. The van der Waals surface area contributed by atoms with E-state index in [1.165, 1.54) is 176 Å². The van der Waals surface area contributed by atoms with Gasteiger partial charge in [0, 0.05) is 33.9 Å². The summed E-state index contributed by atoms with van der Waals surface area (Å²) in [7, 11) is 0. The maximum absolute atomic E-state index is 15.5. The first-order valence-electron chi connectivity index (χ1n) is 29.7. The van der Waals surface area contributed by atoms with Gasteiger partial charge in [-0.25, -0.2) is 0 Å². The number of hydrogen-bond acceptors (Lipinski definition) is 5. The molecule has 0 atom stereocenters. The molecule has 0 amide bonds. The molecule has 5 nitrogen and oxygen atoms in total. The third-order valence-corrected chi connectivity index (χ3v) is 14.8. The lowest BCUT2D eigenvalue weighted by atomic mass is 9.97. The number of anilines is 8. The third kappa shape index (κ3) is 20.1. The number of benzene rings is 6. The molecule has 0 radical (unpaired) electrons. The summed E-state index contributed by atoms with van der Waals surface area (Å²) in [4.78, 5) is 15.5. The molecular formula is C69H94N4O. The lowest BCUT2D eigenvalue weighted by Crippen LogP contribution is -2.11. The average molecular weight is 996 g/mol. The summed E-state index contributed by atoms with van der Waals surface area (Å²) in [5.74, 6) is -0.0646. The highest BCUT2D eigenvalue weighted by Crippen LogP contribution is 2.38. The fraction of sp³-hybridized carbons (Fsp3) is 0.464. The van der Waals surface area contributed by atoms with Crippen LogP contribution in [0.4, 0.5) is 45.5 Å². The third-order valence-electron chi connectivity index (χ3n) is 14.8. The smallest absolute Gasteiger partial charge is 0.197 e. The summed E-state index contributed by atoms with van der Waals surface area (Å²) < 4.78 is 0. The number of hydrogen-bond donors (Lipinski definition) is 4. The van der Waals surface area contributed by atoms with Crippen LogP contribution in [0.1, 0.15) is 220 Å². The van der Waals surface area contributed by atoms with Gasteiger partial charge in [-0.2, -0.15) is 0 Å². The van der Waals surface area contributed by atoms with Gasteiger partial charge in [0.25, 0.3) is 0 Å². The fourth-order valence-electron chi connectivity index (χ4n) is 10.2. The molecule has 0 spiro atoms. The predicted molar refractivity (Wildman–Crippen MR) is 324 cm³/mol. The van der Waals surface area contributed by atoms with Crippen LogP contribution in [-0.4, -0.2) is 5.78 Å². The van der Waals surface area contributed by atoms with Crippen molar-refractivity contribution in [3.05, 3.63) is 167 Å². The summed E-state index contributed by atoms with van der Waals surface area (Å²) in [5, 5.41) is 15.0. The van der Waals surface area contributed by atoms with Gasteiger partial charge in [-0.3, -0.25) is 4.79 Å². The Morgan fingerprint density at radius 2 is 0.527 bits per heavy atom. The minimum Gasteiger partial charge on any atom is -0.354 e. The van der Waals surface area contributed by atoms with Gasteiger partial charge in [-0.05, 0) is 146 Å². The van der Waals surface area contributed by atoms with Crippen molar-refractivity contribution >= 4 is 51.3 Å². The monoisotopic (exact) mass is 995 g/mol. The van der Waals surface area contributed by atoms with E-state index < -0.39 is 0 Å². The van der Waals surface area contributed by atoms with E-state index in [1.807, 2.05) is 24.3 Å². The normalized spacial score (nSPS) is 11.2. The molecule has 0 bridgehead atoms. The largest absolute Gasteiger partial charge is 0.354 e. The van der Waals surface area contributed by atoms with Crippen LogP contribution in [0.2, 0.25) is 0 Å². The second-order valence-corrected chi connectivity index (χ2v) is 21.1. The first kappa shape index (κ1) is 57.5. The van der Waals surface area contributed by atoms with Crippen molar-refractivity contribution in [2.45, 2.75) is 207 Å². The summed E-state index contributed by atoms with van der Waals surface area (Å²) >= 11 is 0. The molecular weight excluding hydrogens is 901 g/mol. The van der Waals surface area contributed by atoms with Gasteiger partial charge in [0.15, 0.2) is 5.78 Å². The molecule has 0 unspecified atom stereocenters. The lowest BCUT2D eigenvalue weighted by molar-refractivity contribution is 0.104. The van der Waals surface area contributed by atoms with Crippen LogP contribution in [-0.2, 0) is 25.7 Å². The molecule has 74 heavy (non-hydrogen) atoms. The number of ketones is 1. The van der Waals surface area contributed by atoms with Gasteiger partial charge in [-0.1, -0.05) is 217 Å². The number of rotatable bonds is 38. The molecule has 0 saturated heterocycles. The number of carbonyl (C=O) groups excluding carboxylic acids is 1. The van der Waals surface area contributed by atoms with Crippen LogP contribution in [0.25, 0.3) is 0 Å². The van der Waals surface area contributed by atoms with Crippen molar-refractivity contribution in [1.29, 1.82) is 0 Å². The number of aryl methyl sites for hydroxylation is 4. The summed E-state index contributed by atoms with van der Waals surface area (Å²) in [5.41, 5.74) is 13.7. The molecule has 0 saturated carbocycles. The predicted octanol–water partition coefficient (Wildman–Crippen LogP) is 21.5. The molecule has 6 aromatic rings. The number of para-hydroxylation sites is 2. The van der Waals surface area contributed by atoms with Crippen LogP contribution in [0.5, 0.6) is 0 Å². The lowest BCUT2D eigenvalue weighted by Gasteiger charge is -2.21. The molecule has 0 aliphatic heterocycles. The van der Waals surface area contributed by atoms with E-state index in [0.717, 1.165) is 71.2 Å². The van der Waals surface area contributed by atoms with E-state index in [2.05, 4.69) is 158 Å². The summed E-state index contributed by atoms with van der Waals surface area (Å²) in [6.45, 7) is 9.10. The molecule has 4 N–H and O–H groups in total. The van der Waals surface area contributed by atoms with Gasteiger partial charge in [0.1, 0.15) is 0 Å². The first-order valence-corrected chi connectivity index (χ1v) is 29.7. The second-order valence-electron chi connectivity index (χ2n) is 21.1. The highest BCUT2D eigenvalue weighted by atomic mass is 16.1. The van der Waals surface area contributed by atoms with E-state index in [4.69, 9.17) is 0 Å². The Kier molecular flexibility index (Phi) is 26.3. The molecule has 0 aliphatic rings. The van der Waals surface area contributed by atoms with Crippen LogP contribution >= 0.6 is 0 Å². The van der Waals surface area contributed by atoms with Crippen LogP contribution in [0, 0.1) is 0 Å². The number of nitrogens with one attached hydrogen (secondary N) is 4. The number of unbranched alkanes of at least 4 members (excludes halogenated alkanes) is 20. The maximum Gasteiger partial charge on any atom is 0.197 e. The topological polar surface area (TPSA) is 65.2 Å². The highest BCUT2D eigenvalue weighted by Gasteiger charge is 2.23. The Balaban J connectivity index is 1.29. The van der Waals surface area contributed by atoms with Crippen molar-refractivity contribution in [3.63, 3.8) is 0 Å². The zero-order valence-corrected chi connectivity index (χ0v) is 46.4. The molecule has 6 rings (SSSR count). The quantitative estimate of drug-likeness (QED) is 0.0230. The molecule has 0 aliphatic carbocycles. The molecule has 0 fully saturated rings. The Morgan fingerprint density at radius 3 is 0.797 bits per heavy atom. The Hall–Kier alpha value is -5.81. The molecule has 6 aromatic carbocycles. The second kappa shape index (κ2) is 33.9. The van der Waals surface area contributed by atoms with Gasteiger partial charge < -0.3 is 21.3 Å². The van der Waals surface area contributed by atoms with Crippen molar-refractivity contribution in [3.8, 4) is 0 Å². The van der Waals surface area contributed by atoms with E-state index in [-0.39, 0.29) is 5.78 Å². The molecule has 0 aromatic heterocycles.